The number of rotatable bonds is 1. The van der Waals surface area contributed by atoms with Gasteiger partial charge in [-0.2, -0.15) is 13.2 Å². The van der Waals surface area contributed by atoms with Crippen molar-refractivity contribution in [2.45, 2.75) is 18.7 Å². The summed E-state index contributed by atoms with van der Waals surface area (Å²) in [5, 5.41) is 0. The molecule has 13 heavy (non-hydrogen) atoms. The van der Waals surface area contributed by atoms with Gasteiger partial charge in [-0.05, 0) is 0 Å². The van der Waals surface area contributed by atoms with Crippen LogP contribution in [-0.2, 0) is 19.1 Å². The molecule has 1 atom stereocenters. The molecule has 0 aromatic carbocycles. The first kappa shape index (κ1) is 9.82. The highest BCUT2D eigenvalue weighted by Crippen LogP contribution is 2.20. The summed E-state index contributed by atoms with van der Waals surface area (Å²) in [6, 6.07) is 0. The summed E-state index contributed by atoms with van der Waals surface area (Å²) in [5.41, 5.74) is 0. The van der Waals surface area contributed by atoms with E-state index in [1.807, 2.05) is 0 Å². The van der Waals surface area contributed by atoms with Gasteiger partial charge in [-0.1, -0.05) is 0 Å². The summed E-state index contributed by atoms with van der Waals surface area (Å²) in [6.07, 6.45) is -6.45. The monoisotopic (exact) mass is 198 g/mol. The summed E-state index contributed by atoms with van der Waals surface area (Å²) in [4.78, 5) is 20.6. The Balaban J connectivity index is 2.42. The first-order valence-electron chi connectivity index (χ1n) is 3.33. The van der Waals surface area contributed by atoms with Crippen LogP contribution in [0.15, 0.2) is 0 Å². The smallest absolute Gasteiger partial charge is 0.462 e. The molecule has 0 radical (unpaired) electrons. The van der Waals surface area contributed by atoms with Gasteiger partial charge in [-0.25, -0.2) is 4.79 Å². The lowest BCUT2D eigenvalue weighted by Crippen LogP contribution is -2.30. The van der Waals surface area contributed by atoms with Crippen molar-refractivity contribution in [1.82, 2.24) is 0 Å². The molecule has 1 saturated heterocycles. The summed E-state index contributed by atoms with van der Waals surface area (Å²) in [6.45, 7) is -0.305. The summed E-state index contributed by atoms with van der Waals surface area (Å²) in [7, 11) is 0. The third kappa shape index (κ3) is 2.60. The predicted molar refractivity (Wildman–Crippen MR) is 31.5 cm³/mol. The average molecular weight is 198 g/mol. The van der Waals surface area contributed by atoms with Crippen LogP contribution >= 0.6 is 0 Å². The van der Waals surface area contributed by atoms with Crippen molar-refractivity contribution >= 4 is 11.9 Å². The van der Waals surface area contributed by atoms with E-state index in [1.54, 1.807) is 0 Å². The molecule has 0 aromatic heterocycles. The number of esters is 2. The lowest BCUT2D eigenvalue weighted by Gasteiger charge is -2.10. The average Bonchev–Trinajstić information content (AvgIpc) is 2.33. The Morgan fingerprint density at radius 2 is 2.15 bits per heavy atom. The van der Waals surface area contributed by atoms with E-state index in [9.17, 15) is 22.8 Å². The standard InChI is InChI=1S/C6H5F3O4/c7-6(8,9)5(11)13-3-1-4(10)12-2-3/h3H,1-2H2. The Morgan fingerprint density at radius 1 is 1.54 bits per heavy atom. The number of carbonyl (C=O) groups excluding carboxylic acids is 2. The molecule has 0 aromatic rings. The van der Waals surface area contributed by atoms with E-state index in [4.69, 9.17) is 0 Å². The third-order valence-corrected chi connectivity index (χ3v) is 1.33. The second-order valence-electron chi connectivity index (χ2n) is 2.41. The Kier molecular flexibility index (Phi) is 2.44. The van der Waals surface area contributed by atoms with E-state index in [0.29, 0.717) is 0 Å². The molecule has 4 nitrogen and oxygen atoms in total. The van der Waals surface area contributed by atoms with Crippen molar-refractivity contribution in [3.05, 3.63) is 0 Å². The first-order valence-corrected chi connectivity index (χ1v) is 3.33. The molecule has 1 rings (SSSR count). The van der Waals surface area contributed by atoms with Crippen LogP contribution in [0.3, 0.4) is 0 Å². The quantitative estimate of drug-likeness (QED) is 0.572. The molecule has 0 aliphatic carbocycles. The van der Waals surface area contributed by atoms with E-state index >= 15 is 0 Å². The van der Waals surface area contributed by atoms with Crippen LogP contribution in [-0.4, -0.2) is 30.8 Å². The molecule has 74 valence electrons. The van der Waals surface area contributed by atoms with Gasteiger partial charge in [0.25, 0.3) is 0 Å². The van der Waals surface area contributed by atoms with Gasteiger partial charge in [0.05, 0.1) is 6.42 Å². The van der Waals surface area contributed by atoms with E-state index in [0.717, 1.165) is 0 Å². The van der Waals surface area contributed by atoms with Crippen molar-refractivity contribution in [2.75, 3.05) is 6.61 Å². The summed E-state index contributed by atoms with van der Waals surface area (Å²) < 4.78 is 43.0. The van der Waals surface area contributed by atoms with Crippen molar-refractivity contribution in [2.24, 2.45) is 0 Å². The number of cyclic esters (lactones) is 1. The third-order valence-electron chi connectivity index (χ3n) is 1.33. The molecule has 1 aliphatic heterocycles. The highest BCUT2D eigenvalue weighted by Gasteiger charge is 2.43. The van der Waals surface area contributed by atoms with Crippen LogP contribution < -0.4 is 0 Å². The zero-order chi connectivity index (χ0) is 10.1. The van der Waals surface area contributed by atoms with Crippen LogP contribution in [0, 0.1) is 0 Å². The lowest BCUT2D eigenvalue weighted by molar-refractivity contribution is -0.204. The van der Waals surface area contributed by atoms with Crippen LogP contribution in [0.1, 0.15) is 6.42 Å². The molecule has 1 aliphatic rings. The first-order chi connectivity index (χ1) is 5.89. The number of halogens is 3. The SMILES string of the molecule is O=C1CC(OC(=O)C(F)(F)F)CO1. The van der Waals surface area contributed by atoms with Crippen LogP contribution in [0.4, 0.5) is 13.2 Å². The fourth-order valence-electron chi connectivity index (χ4n) is 0.784. The van der Waals surface area contributed by atoms with Gasteiger partial charge in [0.1, 0.15) is 12.7 Å². The Labute approximate surface area is 70.6 Å². The molecule has 0 bridgehead atoms. The molecule has 0 amide bonds. The van der Waals surface area contributed by atoms with E-state index in [-0.39, 0.29) is 13.0 Å². The highest BCUT2D eigenvalue weighted by molar-refractivity contribution is 5.77. The normalized spacial score (nSPS) is 22.7. The second kappa shape index (κ2) is 3.23. The number of alkyl halides is 3. The van der Waals surface area contributed by atoms with Crippen molar-refractivity contribution in [1.29, 1.82) is 0 Å². The van der Waals surface area contributed by atoms with Gasteiger partial charge in [-0.15, -0.1) is 0 Å². The predicted octanol–water partition coefficient (Wildman–Crippen LogP) is 0.407. The molecule has 1 fully saturated rings. The van der Waals surface area contributed by atoms with Crippen molar-refractivity contribution < 1.29 is 32.2 Å². The molecule has 0 spiro atoms. The maximum atomic E-state index is 11.6. The Morgan fingerprint density at radius 3 is 2.54 bits per heavy atom. The van der Waals surface area contributed by atoms with Gasteiger partial charge in [0.15, 0.2) is 0 Å². The zero-order valence-corrected chi connectivity index (χ0v) is 6.26. The number of carbonyl (C=O) groups is 2. The molecule has 7 heteroatoms. The minimum atomic E-state index is -5.02. The Hall–Kier alpha value is -1.27. The van der Waals surface area contributed by atoms with Gasteiger partial charge < -0.3 is 9.47 Å². The minimum absolute atomic E-state index is 0.305. The van der Waals surface area contributed by atoms with E-state index < -0.39 is 24.2 Å². The van der Waals surface area contributed by atoms with Crippen LogP contribution in [0.2, 0.25) is 0 Å². The van der Waals surface area contributed by atoms with Gasteiger partial charge in [0, 0.05) is 0 Å². The molecule has 1 unspecified atom stereocenters. The molecule has 0 saturated carbocycles. The fraction of sp³-hybridized carbons (Fsp3) is 0.667. The number of hydrogen-bond donors (Lipinski definition) is 0. The number of ether oxygens (including phenoxy) is 2. The largest absolute Gasteiger partial charge is 0.490 e. The topological polar surface area (TPSA) is 52.6 Å². The summed E-state index contributed by atoms with van der Waals surface area (Å²) in [5.74, 6) is -2.96. The summed E-state index contributed by atoms with van der Waals surface area (Å²) >= 11 is 0. The molecule has 0 N–H and O–H groups in total. The lowest BCUT2D eigenvalue weighted by atomic mass is 10.3. The zero-order valence-electron chi connectivity index (χ0n) is 6.26. The fourth-order valence-corrected chi connectivity index (χ4v) is 0.784. The van der Waals surface area contributed by atoms with Crippen LogP contribution in [0.25, 0.3) is 0 Å². The maximum absolute atomic E-state index is 11.6. The molecular formula is C6H5F3O4. The van der Waals surface area contributed by atoms with Gasteiger partial charge >= 0.3 is 18.1 Å². The van der Waals surface area contributed by atoms with Gasteiger partial charge in [-0.3, -0.25) is 4.79 Å². The molecular weight excluding hydrogens is 193 g/mol. The Bertz CT molecular complexity index is 235. The molecule has 1 heterocycles. The van der Waals surface area contributed by atoms with E-state index in [1.165, 1.54) is 0 Å². The van der Waals surface area contributed by atoms with Crippen molar-refractivity contribution in [3.63, 3.8) is 0 Å². The van der Waals surface area contributed by atoms with E-state index in [2.05, 4.69) is 9.47 Å². The highest BCUT2D eigenvalue weighted by atomic mass is 19.4. The van der Waals surface area contributed by atoms with Crippen LogP contribution in [0.5, 0.6) is 0 Å². The minimum Gasteiger partial charge on any atom is -0.462 e. The second-order valence-corrected chi connectivity index (χ2v) is 2.41. The van der Waals surface area contributed by atoms with Gasteiger partial charge in [0.2, 0.25) is 0 Å². The van der Waals surface area contributed by atoms with Crippen molar-refractivity contribution in [3.8, 4) is 0 Å². The number of hydrogen-bond acceptors (Lipinski definition) is 4. The maximum Gasteiger partial charge on any atom is 0.490 e.